The van der Waals surface area contributed by atoms with Crippen LogP contribution >= 0.6 is 0 Å². The molecule has 0 radical (unpaired) electrons. The molecule has 7 nitrogen and oxygen atoms in total. The molecule has 1 aromatic rings. The van der Waals surface area contributed by atoms with Crippen molar-refractivity contribution in [3.8, 4) is 5.75 Å². The summed E-state index contributed by atoms with van der Waals surface area (Å²) in [5.41, 5.74) is 0.631. The second-order valence-electron chi connectivity index (χ2n) is 4.99. The highest BCUT2D eigenvalue weighted by molar-refractivity contribution is 7.89. The number of likely N-dealkylation sites (N-methyl/N-ethyl adjacent to an activating group) is 1. The van der Waals surface area contributed by atoms with E-state index in [1.807, 2.05) is 0 Å². The van der Waals surface area contributed by atoms with Crippen molar-refractivity contribution in [2.24, 2.45) is 0 Å². The van der Waals surface area contributed by atoms with Gasteiger partial charge >= 0.3 is 0 Å². The number of carbonyl (C=O) groups is 2. The molecule has 1 aromatic carbocycles. The van der Waals surface area contributed by atoms with E-state index in [-0.39, 0.29) is 17.7 Å². The Hall–Kier alpha value is -2.09. The number of ether oxygens (including phenoxy) is 1. The normalized spacial score (nSPS) is 18.4. The maximum Gasteiger partial charge on any atom is 0.267 e. The molecule has 1 aliphatic rings. The van der Waals surface area contributed by atoms with Crippen molar-refractivity contribution in [3.63, 3.8) is 0 Å². The smallest absolute Gasteiger partial charge is 0.267 e. The Morgan fingerprint density at radius 1 is 1.41 bits per heavy atom. The van der Waals surface area contributed by atoms with Gasteiger partial charge in [0.2, 0.25) is 11.8 Å². The van der Waals surface area contributed by atoms with Gasteiger partial charge in [-0.05, 0) is 37.1 Å². The van der Waals surface area contributed by atoms with Gasteiger partial charge in [-0.15, -0.1) is 0 Å². The quantitative estimate of drug-likeness (QED) is 0.866. The average Bonchev–Trinajstić information content (AvgIpc) is 2.88. The highest BCUT2D eigenvalue weighted by Crippen LogP contribution is 2.29. The first kappa shape index (κ1) is 16.3. The van der Waals surface area contributed by atoms with Crippen LogP contribution in [0.5, 0.6) is 5.75 Å². The summed E-state index contributed by atoms with van der Waals surface area (Å²) in [6, 6.07) is 3.33. The molecule has 1 atom stereocenters. The molecule has 0 bridgehead atoms. The molecular formula is C14H18N2O5S. The van der Waals surface area contributed by atoms with Crippen molar-refractivity contribution in [1.82, 2.24) is 9.62 Å². The summed E-state index contributed by atoms with van der Waals surface area (Å²) in [6.07, 6.45) is 0.222. The first-order valence-corrected chi connectivity index (χ1v) is 8.20. The Balaban J connectivity index is 2.46. The number of benzene rings is 1. The predicted octanol–water partition coefficient (Wildman–Crippen LogP) is 0.429. The number of sulfonamides is 1. The third-order valence-electron chi connectivity index (χ3n) is 3.63. The van der Waals surface area contributed by atoms with Crippen LogP contribution in [0, 0.1) is 6.92 Å². The summed E-state index contributed by atoms with van der Waals surface area (Å²) in [7, 11) is -1.17. The fraction of sp³-hybridized carbons (Fsp3) is 0.429. The van der Waals surface area contributed by atoms with E-state index in [0.29, 0.717) is 15.6 Å². The van der Waals surface area contributed by atoms with E-state index >= 15 is 0 Å². The summed E-state index contributed by atoms with van der Waals surface area (Å²) < 4.78 is 31.2. The number of nitrogens with zero attached hydrogens (tertiary/aromatic N) is 1. The highest BCUT2D eigenvalue weighted by Gasteiger charge is 2.43. The van der Waals surface area contributed by atoms with Crippen LogP contribution in [0.2, 0.25) is 0 Å². The molecule has 120 valence electrons. The summed E-state index contributed by atoms with van der Waals surface area (Å²) in [6.45, 7) is 1.71. The maximum absolute atomic E-state index is 12.7. The Morgan fingerprint density at radius 2 is 2.09 bits per heavy atom. The van der Waals surface area contributed by atoms with Gasteiger partial charge in [0.25, 0.3) is 10.0 Å². The molecule has 1 saturated heterocycles. The van der Waals surface area contributed by atoms with Gasteiger partial charge in [0, 0.05) is 13.5 Å². The molecule has 1 heterocycles. The number of hydrogen-bond donors (Lipinski definition) is 1. The van der Waals surface area contributed by atoms with E-state index < -0.39 is 27.9 Å². The second-order valence-corrected chi connectivity index (χ2v) is 6.81. The van der Waals surface area contributed by atoms with Crippen LogP contribution < -0.4 is 10.1 Å². The molecule has 0 unspecified atom stereocenters. The second kappa shape index (κ2) is 5.96. The van der Waals surface area contributed by atoms with Gasteiger partial charge in [0.1, 0.15) is 11.8 Å². The SMILES string of the molecule is CNC(=O)[C@@H]1CCC(=O)N1S(=O)(=O)c1ccc(OC)c(C)c1. The zero-order chi connectivity index (χ0) is 16.5. The number of rotatable bonds is 4. The fourth-order valence-corrected chi connectivity index (χ4v) is 4.18. The van der Waals surface area contributed by atoms with E-state index in [1.54, 1.807) is 6.92 Å². The molecule has 0 spiro atoms. The minimum Gasteiger partial charge on any atom is -0.496 e. The Morgan fingerprint density at radius 3 is 2.64 bits per heavy atom. The van der Waals surface area contributed by atoms with Gasteiger partial charge in [0.15, 0.2) is 0 Å². The minimum absolute atomic E-state index is 0.0325. The molecule has 2 rings (SSSR count). The molecule has 0 saturated carbocycles. The number of carbonyl (C=O) groups excluding carboxylic acids is 2. The monoisotopic (exact) mass is 326 g/mol. The van der Waals surface area contributed by atoms with Crippen molar-refractivity contribution in [2.75, 3.05) is 14.2 Å². The molecule has 2 amide bonds. The molecule has 1 N–H and O–H groups in total. The van der Waals surface area contributed by atoms with Gasteiger partial charge in [0.05, 0.1) is 12.0 Å². The summed E-state index contributed by atoms with van der Waals surface area (Å²) in [5.74, 6) is -0.503. The Kier molecular flexibility index (Phi) is 4.41. The fourth-order valence-electron chi connectivity index (χ4n) is 2.49. The summed E-state index contributed by atoms with van der Waals surface area (Å²) in [5, 5.41) is 2.39. The molecule has 1 aliphatic heterocycles. The highest BCUT2D eigenvalue weighted by atomic mass is 32.2. The van der Waals surface area contributed by atoms with Crippen LogP contribution in [0.1, 0.15) is 18.4 Å². The number of methoxy groups -OCH3 is 1. The van der Waals surface area contributed by atoms with E-state index in [4.69, 9.17) is 4.74 Å². The van der Waals surface area contributed by atoms with Crippen LogP contribution in [0.15, 0.2) is 23.1 Å². The van der Waals surface area contributed by atoms with Crippen molar-refractivity contribution < 1.29 is 22.7 Å². The van der Waals surface area contributed by atoms with Crippen molar-refractivity contribution in [2.45, 2.75) is 30.7 Å². The van der Waals surface area contributed by atoms with Gasteiger partial charge < -0.3 is 10.1 Å². The lowest BCUT2D eigenvalue weighted by Gasteiger charge is -2.23. The molecule has 0 aromatic heterocycles. The number of nitrogens with one attached hydrogen (secondary N) is 1. The Labute approximate surface area is 129 Å². The number of aryl methyl sites for hydroxylation is 1. The van der Waals surface area contributed by atoms with Gasteiger partial charge in [-0.1, -0.05) is 0 Å². The van der Waals surface area contributed by atoms with Gasteiger partial charge in [-0.25, -0.2) is 12.7 Å². The molecule has 1 fully saturated rings. The largest absolute Gasteiger partial charge is 0.496 e. The average molecular weight is 326 g/mol. The zero-order valence-electron chi connectivity index (χ0n) is 12.6. The van der Waals surface area contributed by atoms with E-state index in [9.17, 15) is 18.0 Å². The predicted molar refractivity (Wildman–Crippen MR) is 78.9 cm³/mol. The van der Waals surface area contributed by atoms with Crippen molar-refractivity contribution in [1.29, 1.82) is 0 Å². The van der Waals surface area contributed by atoms with Gasteiger partial charge in [-0.2, -0.15) is 0 Å². The lowest BCUT2D eigenvalue weighted by atomic mass is 10.2. The van der Waals surface area contributed by atoms with Crippen molar-refractivity contribution in [3.05, 3.63) is 23.8 Å². The first-order valence-electron chi connectivity index (χ1n) is 6.76. The third kappa shape index (κ3) is 2.66. The lowest BCUT2D eigenvalue weighted by molar-refractivity contribution is -0.130. The van der Waals surface area contributed by atoms with Gasteiger partial charge in [-0.3, -0.25) is 9.59 Å². The van der Waals surface area contributed by atoms with Crippen LogP contribution in [-0.2, 0) is 19.6 Å². The summed E-state index contributed by atoms with van der Waals surface area (Å²) in [4.78, 5) is 23.8. The zero-order valence-corrected chi connectivity index (χ0v) is 13.4. The first-order chi connectivity index (χ1) is 10.3. The third-order valence-corrected chi connectivity index (χ3v) is 5.46. The number of hydrogen-bond acceptors (Lipinski definition) is 5. The van der Waals surface area contributed by atoms with Crippen LogP contribution in [0.25, 0.3) is 0 Å². The van der Waals surface area contributed by atoms with Crippen LogP contribution in [-0.4, -0.2) is 44.7 Å². The summed E-state index contributed by atoms with van der Waals surface area (Å²) >= 11 is 0. The lowest BCUT2D eigenvalue weighted by Crippen LogP contribution is -2.46. The van der Waals surface area contributed by atoms with E-state index in [1.165, 1.54) is 32.4 Å². The molecule has 8 heteroatoms. The van der Waals surface area contributed by atoms with E-state index in [0.717, 1.165) is 0 Å². The molecule has 0 aliphatic carbocycles. The topological polar surface area (TPSA) is 92.8 Å². The molecular weight excluding hydrogens is 308 g/mol. The van der Waals surface area contributed by atoms with E-state index in [2.05, 4.69) is 5.32 Å². The van der Waals surface area contributed by atoms with Crippen molar-refractivity contribution >= 4 is 21.8 Å². The number of amides is 2. The Bertz CT molecular complexity index is 714. The standard InChI is InChI=1S/C14H18N2O5S/c1-9-8-10(4-6-12(9)21-3)22(19,20)16-11(14(18)15-2)5-7-13(16)17/h4,6,8,11H,5,7H2,1-3H3,(H,15,18)/t11-/m0/s1. The van der Waals surface area contributed by atoms with Crippen LogP contribution in [0.4, 0.5) is 0 Å². The van der Waals surface area contributed by atoms with Crippen LogP contribution in [0.3, 0.4) is 0 Å². The molecule has 22 heavy (non-hydrogen) atoms. The maximum atomic E-state index is 12.7. The minimum atomic E-state index is -4.07.